The van der Waals surface area contributed by atoms with Gasteiger partial charge >= 0.3 is 0 Å². The van der Waals surface area contributed by atoms with Crippen molar-refractivity contribution in [3.63, 3.8) is 0 Å². The predicted octanol–water partition coefficient (Wildman–Crippen LogP) is 3.81. The van der Waals surface area contributed by atoms with E-state index >= 15 is 0 Å². The van der Waals surface area contributed by atoms with E-state index in [0.717, 1.165) is 40.7 Å². The summed E-state index contributed by atoms with van der Waals surface area (Å²) in [6, 6.07) is 9.99. The van der Waals surface area contributed by atoms with E-state index in [4.69, 9.17) is 0 Å². The average Bonchev–Trinajstić information content (AvgIpc) is 2.60. The van der Waals surface area contributed by atoms with Crippen molar-refractivity contribution in [2.24, 2.45) is 0 Å². The van der Waals surface area contributed by atoms with Crippen molar-refractivity contribution in [2.45, 2.75) is 38.1 Å². The van der Waals surface area contributed by atoms with Gasteiger partial charge in [-0.3, -0.25) is 4.79 Å². The van der Waals surface area contributed by atoms with Gasteiger partial charge in [0, 0.05) is 18.8 Å². The molecule has 0 saturated carbocycles. The lowest BCUT2D eigenvalue weighted by Gasteiger charge is -2.27. The van der Waals surface area contributed by atoms with Crippen LogP contribution in [0.15, 0.2) is 35.4 Å². The van der Waals surface area contributed by atoms with Crippen molar-refractivity contribution in [3.8, 4) is 0 Å². The van der Waals surface area contributed by atoms with Gasteiger partial charge in [-0.2, -0.15) is 0 Å². The number of benzene rings is 1. The van der Waals surface area contributed by atoms with Gasteiger partial charge in [0.25, 0.3) is 0 Å². The van der Waals surface area contributed by atoms with Gasteiger partial charge in [0.15, 0.2) is 5.82 Å². The molecule has 0 spiro atoms. The molecule has 1 N–H and O–H groups in total. The molecule has 2 heterocycles. The lowest BCUT2D eigenvalue weighted by Crippen LogP contribution is -2.30. The van der Waals surface area contributed by atoms with Gasteiger partial charge in [0.2, 0.25) is 5.91 Å². The number of nitrogens with one attached hydrogen (secondary N) is 1. The van der Waals surface area contributed by atoms with Crippen LogP contribution in [0, 0.1) is 13.8 Å². The molecule has 1 aromatic heterocycles. The summed E-state index contributed by atoms with van der Waals surface area (Å²) in [4.78, 5) is 14.4. The molecule has 0 radical (unpaired) electrons. The van der Waals surface area contributed by atoms with E-state index in [2.05, 4.69) is 26.5 Å². The van der Waals surface area contributed by atoms with E-state index in [-0.39, 0.29) is 5.91 Å². The Balaban J connectivity index is 1.51. The normalized spacial score (nSPS) is 14.4. The number of carbonyl (C=O) groups is 1. The maximum absolute atomic E-state index is 12.1. The summed E-state index contributed by atoms with van der Waals surface area (Å²) in [5.41, 5.74) is 3.12. The standard InChI is InChI=1S/C19H24N4OS/c1-14-10-15(2)12-16(11-14)20-18(24)13-25-19-7-6-17(21-22-19)23-8-4-3-5-9-23/h6-7,10-12H,3-5,8-9,13H2,1-2H3,(H,20,24). The third kappa shape index (κ3) is 5.19. The number of hydrogen-bond donors (Lipinski definition) is 1. The molecule has 132 valence electrons. The summed E-state index contributed by atoms with van der Waals surface area (Å²) in [6.45, 7) is 6.16. The molecule has 0 atom stereocenters. The molecule has 1 fully saturated rings. The minimum Gasteiger partial charge on any atom is -0.355 e. The van der Waals surface area contributed by atoms with E-state index in [1.54, 1.807) is 0 Å². The maximum Gasteiger partial charge on any atom is 0.234 e. The second-order valence-corrected chi connectivity index (χ2v) is 7.49. The highest BCUT2D eigenvalue weighted by Gasteiger charge is 2.13. The van der Waals surface area contributed by atoms with Gasteiger partial charge in [0.05, 0.1) is 5.75 Å². The Morgan fingerprint density at radius 3 is 2.44 bits per heavy atom. The number of nitrogens with zero attached hydrogens (tertiary/aromatic N) is 3. The molecule has 25 heavy (non-hydrogen) atoms. The quantitative estimate of drug-likeness (QED) is 0.826. The number of hydrogen-bond acceptors (Lipinski definition) is 5. The van der Waals surface area contributed by atoms with Gasteiger partial charge in [-0.15, -0.1) is 10.2 Å². The zero-order chi connectivity index (χ0) is 17.6. The third-order valence-corrected chi connectivity index (χ3v) is 5.08. The average molecular weight is 356 g/mol. The summed E-state index contributed by atoms with van der Waals surface area (Å²) in [5, 5.41) is 12.3. The van der Waals surface area contributed by atoms with E-state index in [1.165, 1.54) is 31.0 Å². The second-order valence-electron chi connectivity index (χ2n) is 6.49. The van der Waals surface area contributed by atoms with Crippen LogP contribution in [0.5, 0.6) is 0 Å². The summed E-state index contributed by atoms with van der Waals surface area (Å²) < 4.78 is 0. The summed E-state index contributed by atoms with van der Waals surface area (Å²) in [7, 11) is 0. The van der Waals surface area contributed by atoms with Crippen LogP contribution in [0.4, 0.5) is 11.5 Å². The minimum absolute atomic E-state index is 0.0306. The fraction of sp³-hybridized carbons (Fsp3) is 0.421. The van der Waals surface area contributed by atoms with Crippen LogP contribution in [0.1, 0.15) is 30.4 Å². The smallest absolute Gasteiger partial charge is 0.234 e. The molecule has 6 heteroatoms. The molecular weight excluding hydrogens is 332 g/mol. The number of aryl methyl sites for hydroxylation is 2. The van der Waals surface area contributed by atoms with Crippen LogP contribution in [0.25, 0.3) is 0 Å². The number of rotatable bonds is 5. The first kappa shape index (κ1) is 17.7. The molecule has 2 aromatic rings. The first-order valence-corrected chi connectivity index (χ1v) is 9.68. The predicted molar refractivity (Wildman–Crippen MR) is 103 cm³/mol. The maximum atomic E-state index is 12.1. The van der Waals surface area contributed by atoms with Crippen LogP contribution >= 0.6 is 11.8 Å². The molecule has 3 rings (SSSR count). The van der Waals surface area contributed by atoms with Crippen molar-refractivity contribution in [3.05, 3.63) is 41.5 Å². The Kier molecular flexibility index (Phi) is 5.91. The summed E-state index contributed by atoms with van der Waals surface area (Å²) in [6.07, 6.45) is 3.74. The minimum atomic E-state index is -0.0306. The Morgan fingerprint density at radius 2 is 1.80 bits per heavy atom. The molecular formula is C19H24N4OS. The van der Waals surface area contributed by atoms with Crippen molar-refractivity contribution >= 4 is 29.2 Å². The molecule has 1 amide bonds. The molecule has 0 unspecified atom stereocenters. The van der Waals surface area contributed by atoms with Gasteiger partial charge < -0.3 is 10.2 Å². The highest BCUT2D eigenvalue weighted by Crippen LogP contribution is 2.21. The fourth-order valence-corrected chi connectivity index (χ4v) is 3.68. The SMILES string of the molecule is Cc1cc(C)cc(NC(=O)CSc2ccc(N3CCCCC3)nn2)c1. The zero-order valence-corrected chi connectivity index (χ0v) is 15.6. The monoisotopic (exact) mass is 356 g/mol. The van der Waals surface area contributed by atoms with Crippen molar-refractivity contribution in [1.82, 2.24) is 10.2 Å². The molecule has 0 bridgehead atoms. The van der Waals surface area contributed by atoms with Crippen LogP contribution < -0.4 is 10.2 Å². The van der Waals surface area contributed by atoms with E-state index in [9.17, 15) is 4.79 Å². The number of thioether (sulfide) groups is 1. The zero-order valence-electron chi connectivity index (χ0n) is 14.8. The number of anilines is 2. The fourth-order valence-electron chi connectivity index (χ4n) is 3.07. The van der Waals surface area contributed by atoms with E-state index < -0.39 is 0 Å². The first-order valence-electron chi connectivity index (χ1n) is 8.70. The third-order valence-electron chi connectivity index (χ3n) is 4.16. The van der Waals surface area contributed by atoms with Crippen molar-refractivity contribution in [1.29, 1.82) is 0 Å². The largest absolute Gasteiger partial charge is 0.355 e. The van der Waals surface area contributed by atoms with Crippen LogP contribution in [-0.2, 0) is 4.79 Å². The second kappa shape index (κ2) is 8.34. The number of amides is 1. The van der Waals surface area contributed by atoms with Gasteiger partial charge in [-0.25, -0.2) is 0 Å². The van der Waals surface area contributed by atoms with Gasteiger partial charge in [-0.1, -0.05) is 17.8 Å². The number of piperidine rings is 1. The Hall–Kier alpha value is -2.08. The molecule has 1 saturated heterocycles. The summed E-state index contributed by atoms with van der Waals surface area (Å²) in [5.74, 6) is 1.23. The van der Waals surface area contributed by atoms with Crippen molar-refractivity contribution < 1.29 is 4.79 Å². The molecule has 1 aromatic carbocycles. The molecule has 5 nitrogen and oxygen atoms in total. The lowest BCUT2D eigenvalue weighted by atomic mass is 10.1. The van der Waals surface area contributed by atoms with Crippen LogP contribution in [0.2, 0.25) is 0 Å². The Bertz CT molecular complexity index is 706. The first-order chi connectivity index (χ1) is 12.1. The Morgan fingerprint density at radius 1 is 1.08 bits per heavy atom. The highest BCUT2D eigenvalue weighted by molar-refractivity contribution is 7.99. The number of carbonyl (C=O) groups excluding carboxylic acids is 1. The highest BCUT2D eigenvalue weighted by atomic mass is 32.2. The van der Waals surface area contributed by atoms with E-state index in [0.29, 0.717) is 5.75 Å². The lowest BCUT2D eigenvalue weighted by molar-refractivity contribution is -0.113. The van der Waals surface area contributed by atoms with Gasteiger partial charge in [-0.05, 0) is 68.5 Å². The van der Waals surface area contributed by atoms with Crippen LogP contribution in [-0.4, -0.2) is 34.9 Å². The van der Waals surface area contributed by atoms with Crippen LogP contribution in [0.3, 0.4) is 0 Å². The summed E-state index contributed by atoms with van der Waals surface area (Å²) >= 11 is 1.41. The van der Waals surface area contributed by atoms with E-state index in [1.807, 2.05) is 38.1 Å². The number of aromatic nitrogens is 2. The molecule has 0 aliphatic carbocycles. The van der Waals surface area contributed by atoms with Gasteiger partial charge in [0.1, 0.15) is 5.03 Å². The molecule has 1 aliphatic rings. The molecule has 1 aliphatic heterocycles. The topological polar surface area (TPSA) is 58.1 Å². The Labute approximate surface area is 153 Å². The van der Waals surface area contributed by atoms with Crippen molar-refractivity contribution in [2.75, 3.05) is 29.1 Å².